The van der Waals surface area contributed by atoms with E-state index in [9.17, 15) is 13.2 Å². The fraction of sp³-hybridized carbons (Fsp3) is 0.400. The zero-order chi connectivity index (χ0) is 14.0. The number of nitrogens with two attached hydrogens (primary N) is 1. The first-order valence-corrected chi connectivity index (χ1v) is 7.82. The number of rotatable bonds is 2. The second-order valence-electron chi connectivity index (χ2n) is 4.04. The summed E-state index contributed by atoms with van der Waals surface area (Å²) in [6, 6.07) is 1.41. The predicted molar refractivity (Wildman–Crippen MR) is 72.7 cm³/mol. The molecule has 1 aromatic heterocycles. The van der Waals surface area contributed by atoms with E-state index in [1.807, 2.05) is 0 Å². The summed E-state index contributed by atoms with van der Waals surface area (Å²) in [4.78, 5) is 15.0. The van der Waals surface area contributed by atoms with E-state index in [2.05, 4.69) is 26.2 Å². The standard InChI is InChI=1S/C10H13BrN4O3S/c11-7-5-8(10(12)14-6-7)19(17,18)15-3-1-9(16)13-2-4-15/h5-6H,1-4H2,(H2,12,14)(H,13,16). The molecule has 0 unspecified atom stereocenters. The van der Waals surface area contributed by atoms with Gasteiger partial charge in [-0.3, -0.25) is 4.79 Å². The van der Waals surface area contributed by atoms with Gasteiger partial charge in [0.15, 0.2) is 0 Å². The molecule has 1 aliphatic heterocycles. The van der Waals surface area contributed by atoms with Crippen LogP contribution in [-0.2, 0) is 14.8 Å². The Morgan fingerprint density at radius 3 is 2.89 bits per heavy atom. The van der Waals surface area contributed by atoms with Crippen molar-refractivity contribution in [3.8, 4) is 0 Å². The van der Waals surface area contributed by atoms with E-state index >= 15 is 0 Å². The molecule has 7 nitrogen and oxygen atoms in total. The number of pyridine rings is 1. The molecule has 1 aliphatic rings. The third kappa shape index (κ3) is 3.04. The third-order valence-corrected chi connectivity index (χ3v) is 5.10. The highest BCUT2D eigenvalue weighted by molar-refractivity contribution is 9.10. The highest BCUT2D eigenvalue weighted by Gasteiger charge is 2.29. The Morgan fingerprint density at radius 2 is 2.16 bits per heavy atom. The molecule has 19 heavy (non-hydrogen) atoms. The molecule has 0 radical (unpaired) electrons. The fourth-order valence-electron chi connectivity index (χ4n) is 1.76. The van der Waals surface area contributed by atoms with Crippen molar-refractivity contribution < 1.29 is 13.2 Å². The molecule has 0 spiro atoms. The Labute approximate surface area is 119 Å². The highest BCUT2D eigenvalue weighted by atomic mass is 79.9. The monoisotopic (exact) mass is 348 g/mol. The summed E-state index contributed by atoms with van der Waals surface area (Å²) < 4.78 is 26.7. The number of sulfonamides is 1. The quantitative estimate of drug-likeness (QED) is 0.778. The van der Waals surface area contributed by atoms with Crippen LogP contribution >= 0.6 is 15.9 Å². The average Bonchev–Trinajstić information content (AvgIpc) is 2.57. The molecule has 0 atom stereocenters. The number of hydrogen-bond donors (Lipinski definition) is 2. The van der Waals surface area contributed by atoms with Crippen LogP contribution in [0.2, 0.25) is 0 Å². The van der Waals surface area contributed by atoms with E-state index in [0.29, 0.717) is 11.0 Å². The molecule has 9 heteroatoms. The van der Waals surface area contributed by atoms with Crippen molar-refractivity contribution in [3.63, 3.8) is 0 Å². The molecule has 1 amide bonds. The van der Waals surface area contributed by atoms with Crippen LogP contribution in [0.4, 0.5) is 5.82 Å². The molecule has 0 aromatic carbocycles. The van der Waals surface area contributed by atoms with Crippen LogP contribution < -0.4 is 11.1 Å². The zero-order valence-corrected chi connectivity index (χ0v) is 12.4. The first kappa shape index (κ1) is 14.2. The molecule has 0 bridgehead atoms. The molecule has 104 valence electrons. The van der Waals surface area contributed by atoms with Gasteiger partial charge in [0.05, 0.1) is 0 Å². The van der Waals surface area contributed by atoms with Crippen LogP contribution in [0.5, 0.6) is 0 Å². The molecule has 2 heterocycles. The Morgan fingerprint density at radius 1 is 1.42 bits per heavy atom. The van der Waals surface area contributed by atoms with Gasteiger partial charge in [-0.2, -0.15) is 4.31 Å². The second kappa shape index (κ2) is 5.43. The summed E-state index contributed by atoms with van der Waals surface area (Å²) in [6.07, 6.45) is 1.57. The van der Waals surface area contributed by atoms with Gasteiger partial charge in [-0.05, 0) is 22.0 Å². The molecule has 0 saturated carbocycles. The van der Waals surface area contributed by atoms with Crippen molar-refractivity contribution in [3.05, 3.63) is 16.7 Å². The summed E-state index contributed by atoms with van der Waals surface area (Å²) in [5, 5.41) is 2.62. The minimum Gasteiger partial charge on any atom is -0.383 e. The van der Waals surface area contributed by atoms with Gasteiger partial charge in [0.25, 0.3) is 0 Å². The topological polar surface area (TPSA) is 105 Å². The minimum absolute atomic E-state index is 0.0452. The third-order valence-electron chi connectivity index (χ3n) is 2.74. The lowest BCUT2D eigenvalue weighted by Crippen LogP contribution is -2.34. The van der Waals surface area contributed by atoms with Gasteiger partial charge in [0.1, 0.15) is 10.7 Å². The summed E-state index contributed by atoms with van der Waals surface area (Å²) in [5.74, 6) is -0.204. The molecule has 0 aliphatic carbocycles. The number of hydrogen-bond acceptors (Lipinski definition) is 5. The molecule has 1 saturated heterocycles. The van der Waals surface area contributed by atoms with Gasteiger partial charge in [-0.25, -0.2) is 13.4 Å². The van der Waals surface area contributed by atoms with Gasteiger partial charge in [0, 0.05) is 36.7 Å². The van der Waals surface area contributed by atoms with Crippen LogP contribution in [0.1, 0.15) is 6.42 Å². The molecule has 3 N–H and O–H groups in total. The maximum absolute atomic E-state index is 12.5. The van der Waals surface area contributed by atoms with E-state index in [1.165, 1.54) is 16.6 Å². The van der Waals surface area contributed by atoms with Crippen LogP contribution in [0.3, 0.4) is 0 Å². The first-order chi connectivity index (χ1) is 8.91. The number of aromatic nitrogens is 1. The lowest BCUT2D eigenvalue weighted by molar-refractivity contribution is -0.120. The van der Waals surface area contributed by atoms with E-state index < -0.39 is 10.0 Å². The van der Waals surface area contributed by atoms with Gasteiger partial charge in [-0.15, -0.1) is 0 Å². The van der Waals surface area contributed by atoms with Crippen molar-refractivity contribution in [1.82, 2.24) is 14.6 Å². The summed E-state index contributed by atoms with van der Waals surface area (Å²) >= 11 is 3.17. The number of nitrogens with zero attached hydrogens (tertiary/aromatic N) is 2. The van der Waals surface area contributed by atoms with Gasteiger partial charge >= 0.3 is 0 Å². The van der Waals surface area contributed by atoms with Crippen molar-refractivity contribution in [2.45, 2.75) is 11.3 Å². The fourth-order valence-corrected chi connectivity index (χ4v) is 3.78. The number of carbonyl (C=O) groups is 1. The summed E-state index contributed by atoms with van der Waals surface area (Å²) in [6.45, 7) is 0.652. The highest BCUT2D eigenvalue weighted by Crippen LogP contribution is 2.24. The average molecular weight is 349 g/mol. The van der Waals surface area contributed by atoms with Gasteiger partial charge in [-0.1, -0.05) is 0 Å². The van der Waals surface area contributed by atoms with Crippen LogP contribution in [0.15, 0.2) is 21.6 Å². The van der Waals surface area contributed by atoms with Crippen molar-refractivity contribution in [2.24, 2.45) is 0 Å². The molecular formula is C10H13BrN4O3S. The summed E-state index contributed by atoms with van der Waals surface area (Å²) in [7, 11) is -3.74. The lowest BCUT2D eigenvalue weighted by Gasteiger charge is -2.19. The normalized spacial score (nSPS) is 17.8. The number of nitrogens with one attached hydrogen (secondary N) is 1. The van der Waals surface area contributed by atoms with E-state index in [0.717, 1.165) is 0 Å². The Hall–Kier alpha value is -1.19. The van der Waals surface area contributed by atoms with Crippen molar-refractivity contribution >= 4 is 37.7 Å². The lowest BCUT2D eigenvalue weighted by atomic mass is 10.4. The SMILES string of the molecule is Nc1ncc(Br)cc1S(=O)(=O)N1CCNC(=O)CC1. The number of nitrogen functional groups attached to an aromatic ring is 1. The van der Waals surface area contributed by atoms with Crippen LogP contribution in [0, 0.1) is 0 Å². The second-order valence-corrected chi connectivity index (χ2v) is 6.86. The van der Waals surface area contributed by atoms with E-state index in [1.54, 1.807) is 0 Å². The first-order valence-electron chi connectivity index (χ1n) is 5.59. The van der Waals surface area contributed by atoms with Crippen LogP contribution in [0.25, 0.3) is 0 Å². The van der Waals surface area contributed by atoms with Gasteiger partial charge < -0.3 is 11.1 Å². The minimum atomic E-state index is -3.74. The van der Waals surface area contributed by atoms with E-state index in [4.69, 9.17) is 5.73 Å². The Balaban J connectivity index is 2.36. The molecule has 2 rings (SSSR count). The van der Waals surface area contributed by atoms with Crippen molar-refractivity contribution in [2.75, 3.05) is 25.4 Å². The molecule has 1 aromatic rings. The number of halogens is 1. The number of amides is 1. The van der Waals surface area contributed by atoms with E-state index in [-0.39, 0.29) is 36.1 Å². The predicted octanol–water partition coefficient (Wildman–Crippen LogP) is -0.0631. The Bertz CT molecular complexity index is 605. The van der Waals surface area contributed by atoms with Gasteiger partial charge in [0.2, 0.25) is 15.9 Å². The molecular weight excluding hydrogens is 336 g/mol. The zero-order valence-electron chi connectivity index (χ0n) is 9.97. The largest absolute Gasteiger partial charge is 0.383 e. The maximum Gasteiger partial charge on any atom is 0.246 e. The Kier molecular flexibility index (Phi) is 4.07. The number of carbonyl (C=O) groups excluding carboxylic acids is 1. The smallest absolute Gasteiger partial charge is 0.246 e. The van der Waals surface area contributed by atoms with Crippen molar-refractivity contribution in [1.29, 1.82) is 0 Å². The maximum atomic E-state index is 12.5. The number of anilines is 1. The summed E-state index contributed by atoms with van der Waals surface area (Å²) in [5.41, 5.74) is 5.63. The molecule has 1 fully saturated rings. The van der Waals surface area contributed by atoms with Crippen LogP contribution in [-0.4, -0.2) is 43.2 Å².